The number of halogens is 1. The molecule has 5 heteroatoms. The Bertz CT molecular complexity index is 467. The van der Waals surface area contributed by atoms with Crippen LogP contribution in [0.25, 0.3) is 0 Å². The molecule has 118 valence electrons. The fourth-order valence-corrected chi connectivity index (χ4v) is 2.24. The molecule has 0 saturated carbocycles. The predicted molar refractivity (Wildman–Crippen MR) is 79.8 cm³/mol. The first-order valence-electron chi connectivity index (χ1n) is 7.17. The molecule has 1 rings (SSSR count). The molecule has 0 aliphatic carbocycles. The van der Waals surface area contributed by atoms with Gasteiger partial charge in [-0.3, -0.25) is 4.79 Å². The van der Waals surface area contributed by atoms with Crippen molar-refractivity contribution in [1.29, 1.82) is 0 Å². The van der Waals surface area contributed by atoms with Gasteiger partial charge in [0.1, 0.15) is 17.1 Å². The Hall–Kier alpha value is -1.62. The first kappa shape index (κ1) is 17.4. The van der Waals surface area contributed by atoms with Crippen molar-refractivity contribution < 1.29 is 18.7 Å². The maximum atomic E-state index is 13.1. The van der Waals surface area contributed by atoms with Gasteiger partial charge in [-0.05, 0) is 38.9 Å². The third-order valence-corrected chi connectivity index (χ3v) is 3.23. The van der Waals surface area contributed by atoms with E-state index < -0.39 is 5.54 Å². The van der Waals surface area contributed by atoms with E-state index in [0.29, 0.717) is 18.7 Å². The van der Waals surface area contributed by atoms with Gasteiger partial charge in [0.25, 0.3) is 0 Å². The minimum absolute atomic E-state index is 0.264. The first-order valence-corrected chi connectivity index (χ1v) is 7.17. The van der Waals surface area contributed by atoms with E-state index >= 15 is 0 Å². The lowest BCUT2D eigenvalue weighted by Crippen LogP contribution is -2.52. The van der Waals surface area contributed by atoms with E-state index in [0.717, 1.165) is 6.42 Å². The van der Waals surface area contributed by atoms with Crippen LogP contribution in [0.5, 0.6) is 5.75 Å². The minimum atomic E-state index is -0.822. The zero-order valence-corrected chi connectivity index (χ0v) is 13.1. The molecule has 0 fully saturated rings. The quantitative estimate of drug-likeness (QED) is 0.750. The van der Waals surface area contributed by atoms with Crippen molar-refractivity contribution in [2.24, 2.45) is 0 Å². The summed E-state index contributed by atoms with van der Waals surface area (Å²) in [4.78, 5) is 12.0. The lowest BCUT2D eigenvalue weighted by atomic mass is 9.94. The normalized spacial score (nSPS) is 15.1. The fraction of sp³-hybridized carbons (Fsp3) is 0.562. The van der Waals surface area contributed by atoms with Crippen molar-refractivity contribution in [3.8, 4) is 5.75 Å². The second-order valence-corrected chi connectivity index (χ2v) is 5.34. The lowest BCUT2D eigenvalue weighted by molar-refractivity contribution is -0.149. The van der Waals surface area contributed by atoms with Gasteiger partial charge in [0.05, 0.1) is 13.2 Å². The van der Waals surface area contributed by atoms with Crippen LogP contribution in [-0.4, -0.2) is 31.3 Å². The molecule has 1 N–H and O–H groups in total. The Morgan fingerprint density at radius 3 is 2.76 bits per heavy atom. The highest BCUT2D eigenvalue weighted by molar-refractivity contribution is 5.80. The molecule has 2 atom stereocenters. The zero-order chi connectivity index (χ0) is 15.9. The molecule has 21 heavy (non-hydrogen) atoms. The van der Waals surface area contributed by atoms with Crippen LogP contribution in [0.1, 0.15) is 33.6 Å². The Labute approximate surface area is 125 Å². The average molecular weight is 297 g/mol. The number of nitrogens with one attached hydrogen (secondary N) is 1. The third kappa shape index (κ3) is 5.34. The summed E-state index contributed by atoms with van der Waals surface area (Å²) in [7, 11) is 1.37. The first-order chi connectivity index (χ1) is 9.91. The predicted octanol–water partition coefficient (Wildman–Crippen LogP) is 2.91. The highest BCUT2D eigenvalue weighted by atomic mass is 19.1. The monoisotopic (exact) mass is 297 g/mol. The van der Waals surface area contributed by atoms with E-state index in [-0.39, 0.29) is 17.9 Å². The summed E-state index contributed by atoms with van der Waals surface area (Å²) < 4.78 is 23.7. The van der Waals surface area contributed by atoms with Crippen LogP contribution >= 0.6 is 0 Å². The molecule has 4 nitrogen and oxygen atoms in total. The van der Waals surface area contributed by atoms with E-state index in [1.807, 2.05) is 13.8 Å². The summed E-state index contributed by atoms with van der Waals surface area (Å²) in [5.74, 6) is -0.226. The van der Waals surface area contributed by atoms with Crippen LogP contribution < -0.4 is 10.1 Å². The lowest BCUT2D eigenvalue weighted by Gasteiger charge is -2.30. The molecule has 1 aromatic rings. The van der Waals surface area contributed by atoms with Crippen molar-refractivity contribution in [3.05, 3.63) is 30.1 Å². The van der Waals surface area contributed by atoms with Gasteiger partial charge in [-0.1, -0.05) is 13.0 Å². The van der Waals surface area contributed by atoms with Crippen LogP contribution in [0.3, 0.4) is 0 Å². The van der Waals surface area contributed by atoms with Gasteiger partial charge >= 0.3 is 5.97 Å². The Kier molecular flexibility index (Phi) is 6.62. The largest absolute Gasteiger partial charge is 0.491 e. The van der Waals surface area contributed by atoms with Crippen molar-refractivity contribution in [2.45, 2.75) is 45.3 Å². The standard InChI is InChI=1S/C16H24FNO3/c1-5-9-18-16(3,15(19)20-4)11-12(2)21-14-8-6-7-13(17)10-14/h6-8,10,12,18H,5,9,11H2,1-4H3. The van der Waals surface area contributed by atoms with Gasteiger partial charge in [0.15, 0.2) is 0 Å². The number of carbonyl (C=O) groups is 1. The number of methoxy groups -OCH3 is 1. The fourth-order valence-electron chi connectivity index (χ4n) is 2.24. The minimum Gasteiger partial charge on any atom is -0.491 e. The molecule has 0 aromatic heterocycles. The van der Waals surface area contributed by atoms with Gasteiger partial charge in [-0.2, -0.15) is 0 Å². The molecule has 0 radical (unpaired) electrons. The number of benzene rings is 1. The summed E-state index contributed by atoms with van der Waals surface area (Å²) in [6.07, 6.45) is 1.07. The van der Waals surface area contributed by atoms with E-state index in [2.05, 4.69) is 5.32 Å². The molecule has 0 spiro atoms. The molecule has 1 aromatic carbocycles. The van der Waals surface area contributed by atoms with Crippen molar-refractivity contribution in [3.63, 3.8) is 0 Å². The van der Waals surface area contributed by atoms with Crippen LogP contribution in [0.4, 0.5) is 4.39 Å². The van der Waals surface area contributed by atoms with Crippen LogP contribution in [0, 0.1) is 5.82 Å². The summed E-state index contributed by atoms with van der Waals surface area (Å²) in [6, 6.07) is 5.96. The van der Waals surface area contributed by atoms with Gasteiger partial charge in [0, 0.05) is 12.5 Å². The molecular formula is C16H24FNO3. The number of esters is 1. The SMILES string of the molecule is CCCNC(C)(CC(C)Oc1cccc(F)c1)C(=O)OC. The maximum Gasteiger partial charge on any atom is 0.325 e. The van der Waals surface area contributed by atoms with E-state index in [9.17, 15) is 9.18 Å². The molecule has 0 aliphatic rings. The highest BCUT2D eigenvalue weighted by Crippen LogP contribution is 2.20. The number of hydrogen-bond acceptors (Lipinski definition) is 4. The number of rotatable bonds is 8. The van der Waals surface area contributed by atoms with Gasteiger partial charge in [-0.25, -0.2) is 4.39 Å². The van der Waals surface area contributed by atoms with Crippen LogP contribution in [0.2, 0.25) is 0 Å². The molecule has 0 heterocycles. The van der Waals surface area contributed by atoms with Crippen LogP contribution in [-0.2, 0) is 9.53 Å². The molecular weight excluding hydrogens is 273 g/mol. The zero-order valence-electron chi connectivity index (χ0n) is 13.1. The second-order valence-electron chi connectivity index (χ2n) is 5.34. The number of hydrogen-bond donors (Lipinski definition) is 1. The Balaban J connectivity index is 2.71. The summed E-state index contributed by atoms with van der Waals surface area (Å²) in [6.45, 7) is 6.37. The molecule has 2 unspecified atom stereocenters. The van der Waals surface area contributed by atoms with Crippen molar-refractivity contribution in [1.82, 2.24) is 5.32 Å². The average Bonchev–Trinajstić information content (AvgIpc) is 2.44. The number of carbonyl (C=O) groups excluding carboxylic acids is 1. The van der Waals surface area contributed by atoms with E-state index in [1.165, 1.54) is 19.2 Å². The topological polar surface area (TPSA) is 47.6 Å². The summed E-state index contributed by atoms with van der Waals surface area (Å²) >= 11 is 0. The third-order valence-electron chi connectivity index (χ3n) is 3.23. The highest BCUT2D eigenvalue weighted by Gasteiger charge is 2.35. The van der Waals surface area contributed by atoms with Gasteiger partial charge in [0.2, 0.25) is 0 Å². The maximum absolute atomic E-state index is 13.1. The van der Waals surface area contributed by atoms with Crippen molar-refractivity contribution in [2.75, 3.05) is 13.7 Å². The van der Waals surface area contributed by atoms with Gasteiger partial charge < -0.3 is 14.8 Å². The van der Waals surface area contributed by atoms with E-state index in [1.54, 1.807) is 19.1 Å². The van der Waals surface area contributed by atoms with Gasteiger partial charge in [-0.15, -0.1) is 0 Å². The van der Waals surface area contributed by atoms with Crippen LogP contribution in [0.15, 0.2) is 24.3 Å². The number of ether oxygens (including phenoxy) is 2. The Morgan fingerprint density at radius 1 is 1.48 bits per heavy atom. The molecule has 0 amide bonds. The molecule has 0 bridgehead atoms. The smallest absolute Gasteiger partial charge is 0.325 e. The Morgan fingerprint density at radius 2 is 2.19 bits per heavy atom. The van der Waals surface area contributed by atoms with Crippen molar-refractivity contribution >= 4 is 5.97 Å². The molecule has 0 saturated heterocycles. The second kappa shape index (κ2) is 7.98. The summed E-state index contributed by atoms with van der Waals surface area (Å²) in [5.41, 5.74) is -0.822. The van der Waals surface area contributed by atoms with E-state index in [4.69, 9.17) is 9.47 Å². The summed E-state index contributed by atoms with van der Waals surface area (Å²) in [5, 5.41) is 3.20. The molecule has 0 aliphatic heterocycles.